The quantitative estimate of drug-likeness (QED) is 0.578. The summed E-state index contributed by atoms with van der Waals surface area (Å²) in [7, 11) is 1.86. The Labute approximate surface area is 149 Å². The fourth-order valence-electron chi connectivity index (χ4n) is 2.01. The lowest BCUT2D eigenvalue weighted by Gasteiger charge is -2.12. The highest BCUT2D eigenvalue weighted by atomic mass is 79.9. The predicted molar refractivity (Wildman–Crippen MR) is 96.7 cm³/mol. The second kappa shape index (κ2) is 8.88. The highest BCUT2D eigenvalue weighted by Crippen LogP contribution is 2.21. The number of hydrogen-bond donors (Lipinski definition) is 2. The van der Waals surface area contributed by atoms with Gasteiger partial charge in [-0.2, -0.15) is 5.10 Å². The molecule has 0 radical (unpaired) electrons. The van der Waals surface area contributed by atoms with Crippen LogP contribution in [0.15, 0.2) is 34.0 Å². The molecule has 0 aliphatic heterocycles. The number of aliphatic imine (C=N–C) groups is 1. The van der Waals surface area contributed by atoms with E-state index in [1.807, 2.05) is 32.2 Å². The summed E-state index contributed by atoms with van der Waals surface area (Å²) < 4.78 is 2.78. The lowest BCUT2D eigenvalue weighted by atomic mass is 10.1. The van der Waals surface area contributed by atoms with Crippen LogP contribution in [0, 0.1) is 0 Å². The molecule has 124 valence electrons. The van der Waals surface area contributed by atoms with Gasteiger partial charge in [0.15, 0.2) is 5.96 Å². The van der Waals surface area contributed by atoms with Crippen LogP contribution in [0.4, 0.5) is 0 Å². The van der Waals surface area contributed by atoms with Crippen molar-refractivity contribution in [1.82, 2.24) is 25.4 Å². The molecule has 0 atom stereocenters. The van der Waals surface area contributed by atoms with Gasteiger partial charge in [0.2, 0.25) is 0 Å². The topological polar surface area (TPSA) is 67.1 Å². The van der Waals surface area contributed by atoms with E-state index in [1.54, 1.807) is 4.68 Å². The van der Waals surface area contributed by atoms with E-state index in [0.29, 0.717) is 6.54 Å². The molecule has 0 fully saturated rings. The van der Waals surface area contributed by atoms with Gasteiger partial charge in [0.05, 0.1) is 0 Å². The number of nitrogens with one attached hydrogen (secondary N) is 2. The fraction of sp³-hybridized carbons (Fsp3) is 0.400. The standard InChI is InChI=1S/C15H20BrClN6/c1-3-18-15(20-9-14-21-10-22-23(14)2)19-7-6-11-8-12(17)4-5-13(11)16/h4-5,8,10H,3,6-7,9H2,1-2H3,(H2,18,19,20). The van der Waals surface area contributed by atoms with Crippen LogP contribution in [0.2, 0.25) is 5.02 Å². The smallest absolute Gasteiger partial charge is 0.191 e. The van der Waals surface area contributed by atoms with Crippen LogP contribution in [0.1, 0.15) is 18.3 Å². The second-order valence-corrected chi connectivity index (χ2v) is 6.20. The summed E-state index contributed by atoms with van der Waals surface area (Å²) in [6.07, 6.45) is 2.37. The maximum Gasteiger partial charge on any atom is 0.191 e. The van der Waals surface area contributed by atoms with Crippen molar-refractivity contribution in [3.8, 4) is 0 Å². The summed E-state index contributed by atoms with van der Waals surface area (Å²) in [5.74, 6) is 1.58. The third-order valence-electron chi connectivity index (χ3n) is 3.22. The molecule has 0 spiro atoms. The molecule has 1 aromatic heterocycles. The number of nitrogens with zero attached hydrogens (tertiary/aromatic N) is 4. The Bertz CT molecular complexity index is 670. The molecule has 0 saturated carbocycles. The Kier molecular flexibility index (Phi) is 6.85. The zero-order valence-electron chi connectivity index (χ0n) is 13.2. The molecule has 2 rings (SSSR count). The Morgan fingerprint density at radius 3 is 2.91 bits per heavy atom. The molecule has 8 heteroatoms. The van der Waals surface area contributed by atoms with Crippen LogP contribution >= 0.6 is 27.5 Å². The summed E-state index contributed by atoms with van der Waals surface area (Å²) >= 11 is 9.58. The number of benzene rings is 1. The Balaban J connectivity index is 1.91. The van der Waals surface area contributed by atoms with E-state index >= 15 is 0 Å². The number of aryl methyl sites for hydroxylation is 1. The van der Waals surface area contributed by atoms with Crippen molar-refractivity contribution < 1.29 is 0 Å². The van der Waals surface area contributed by atoms with Gasteiger partial charge in [-0.1, -0.05) is 27.5 Å². The lowest BCUT2D eigenvalue weighted by molar-refractivity contribution is 0.697. The zero-order valence-corrected chi connectivity index (χ0v) is 15.5. The lowest BCUT2D eigenvalue weighted by Crippen LogP contribution is -2.38. The highest BCUT2D eigenvalue weighted by Gasteiger charge is 2.04. The van der Waals surface area contributed by atoms with Crippen molar-refractivity contribution in [3.05, 3.63) is 45.4 Å². The van der Waals surface area contributed by atoms with E-state index in [1.165, 1.54) is 6.33 Å². The number of aromatic nitrogens is 3. The largest absolute Gasteiger partial charge is 0.357 e. The van der Waals surface area contributed by atoms with Crippen LogP contribution < -0.4 is 10.6 Å². The predicted octanol–water partition coefficient (Wildman–Crippen LogP) is 2.53. The second-order valence-electron chi connectivity index (χ2n) is 4.91. The average Bonchev–Trinajstić information content (AvgIpc) is 2.93. The normalized spacial score (nSPS) is 11.6. The van der Waals surface area contributed by atoms with Crippen LogP contribution in [-0.4, -0.2) is 33.8 Å². The van der Waals surface area contributed by atoms with Crippen molar-refractivity contribution in [2.24, 2.45) is 12.0 Å². The minimum Gasteiger partial charge on any atom is -0.357 e. The van der Waals surface area contributed by atoms with Crippen molar-refractivity contribution in [1.29, 1.82) is 0 Å². The van der Waals surface area contributed by atoms with Crippen molar-refractivity contribution in [2.45, 2.75) is 19.9 Å². The molecule has 0 amide bonds. The van der Waals surface area contributed by atoms with Crippen LogP contribution in [-0.2, 0) is 20.0 Å². The summed E-state index contributed by atoms with van der Waals surface area (Å²) in [5.41, 5.74) is 1.16. The Hall–Kier alpha value is -1.60. The first-order valence-electron chi connectivity index (χ1n) is 7.39. The third kappa shape index (κ3) is 5.51. The maximum absolute atomic E-state index is 6.04. The van der Waals surface area contributed by atoms with E-state index in [2.05, 4.69) is 41.6 Å². The molecule has 2 aromatic rings. The molecule has 1 aromatic carbocycles. The van der Waals surface area contributed by atoms with E-state index in [-0.39, 0.29) is 0 Å². The minimum atomic E-state index is 0.479. The first kappa shape index (κ1) is 17.7. The van der Waals surface area contributed by atoms with Gasteiger partial charge in [-0.05, 0) is 37.1 Å². The molecular formula is C15H20BrClN6. The molecular weight excluding hydrogens is 380 g/mol. The van der Waals surface area contributed by atoms with Crippen molar-refractivity contribution >= 4 is 33.5 Å². The molecule has 6 nitrogen and oxygen atoms in total. The van der Waals surface area contributed by atoms with E-state index < -0.39 is 0 Å². The first-order chi connectivity index (χ1) is 11.1. The van der Waals surface area contributed by atoms with E-state index in [9.17, 15) is 0 Å². The van der Waals surface area contributed by atoms with Crippen molar-refractivity contribution in [3.63, 3.8) is 0 Å². The summed E-state index contributed by atoms with van der Waals surface area (Å²) in [6.45, 7) is 4.06. The van der Waals surface area contributed by atoms with Crippen LogP contribution in [0.5, 0.6) is 0 Å². The number of guanidine groups is 1. The number of hydrogen-bond acceptors (Lipinski definition) is 3. The van der Waals surface area contributed by atoms with Crippen LogP contribution in [0.3, 0.4) is 0 Å². The molecule has 0 unspecified atom stereocenters. The molecule has 23 heavy (non-hydrogen) atoms. The summed E-state index contributed by atoms with van der Waals surface area (Å²) in [6, 6.07) is 5.80. The Morgan fingerprint density at radius 2 is 2.22 bits per heavy atom. The summed E-state index contributed by atoms with van der Waals surface area (Å²) in [4.78, 5) is 8.69. The average molecular weight is 400 g/mol. The van der Waals surface area contributed by atoms with Gasteiger partial charge in [-0.3, -0.25) is 4.68 Å². The van der Waals surface area contributed by atoms with Gasteiger partial charge in [0.25, 0.3) is 0 Å². The molecule has 0 aliphatic carbocycles. The van der Waals surface area contributed by atoms with E-state index in [4.69, 9.17) is 11.6 Å². The number of rotatable bonds is 6. The molecule has 0 bridgehead atoms. The van der Waals surface area contributed by atoms with Gasteiger partial charge < -0.3 is 10.6 Å². The van der Waals surface area contributed by atoms with Crippen LogP contribution in [0.25, 0.3) is 0 Å². The fourth-order valence-corrected chi connectivity index (χ4v) is 2.64. The van der Waals surface area contributed by atoms with E-state index in [0.717, 1.165) is 46.4 Å². The minimum absolute atomic E-state index is 0.479. The summed E-state index contributed by atoms with van der Waals surface area (Å²) in [5, 5.41) is 11.3. The van der Waals surface area contributed by atoms with Gasteiger partial charge in [-0.25, -0.2) is 9.98 Å². The first-order valence-corrected chi connectivity index (χ1v) is 8.56. The molecule has 2 N–H and O–H groups in total. The Morgan fingerprint density at radius 1 is 1.39 bits per heavy atom. The van der Waals surface area contributed by atoms with Gasteiger partial charge in [0, 0.05) is 29.6 Å². The molecule has 0 aliphatic rings. The van der Waals surface area contributed by atoms with Crippen molar-refractivity contribution in [2.75, 3.05) is 13.1 Å². The molecule has 0 saturated heterocycles. The zero-order chi connectivity index (χ0) is 16.7. The number of halogens is 2. The third-order valence-corrected chi connectivity index (χ3v) is 4.23. The molecule has 1 heterocycles. The SMILES string of the molecule is CCNC(=NCc1ncnn1C)NCCc1cc(Cl)ccc1Br. The van der Waals surface area contributed by atoms with Gasteiger partial charge in [-0.15, -0.1) is 0 Å². The van der Waals surface area contributed by atoms with Gasteiger partial charge in [0.1, 0.15) is 18.7 Å². The van der Waals surface area contributed by atoms with Gasteiger partial charge >= 0.3 is 0 Å². The maximum atomic E-state index is 6.04. The monoisotopic (exact) mass is 398 g/mol. The highest BCUT2D eigenvalue weighted by molar-refractivity contribution is 9.10.